The van der Waals surface area contributed by atoms with Gasteiger partial charge < -0.3 is 34.7 Å². The number of nitrogens with zero attached hydrogens (tertiary/aromatic N) is 2. The van der Waals surface area contributed by atoms with E-state index < -0.39 is 83.3 Å². The molecule has 70 heavy (non-hydrogen) atoms. The van der Waals surface area contributed by atoms with E-state index in [0.717, 1.165) is 24.7 Å². The number of fused-ring (bicyclic) bond motifs is 3. The van der Waals surface area contributed by atoms with Gasteiger partial charge in [-0.2, -0.15) is 0 Å². The third kappa shape index (κ3) is 8.90. The Kier molecular flexibility index (Phi) is 14.6. The van der Waals surface area contributed by atoms with Crippen LogP contribution in [0.3, 0.4) is 0 Å². The zero-order chi connectivity index (χ0) is 49.5. The topological polar surface area (TPSA) is 190 Å². The van der Waals surface area contributed by atoms with Crippen molar-refractivity contribution in [3.63, 3.8) is 0 Å². The van der Waals surface area contributed by atoms with E-state index in [1.54, 1.807) is 49.4 Å². The minimum absolute atomic E-state index is 0.00823. The number of amides is 4. The monoisotopic (exact) mass is 944 g/mol. The molecule has 2 saturated heterocycles. The fraction of sp³-hybridized carbons (Fsp3) is 0.273. The zero-order valence-electron chi connectivity index (χ0n) is 38.8. The van der Waals surface area contributed by atoms with Crippen LogP contribution < -0.4 is 20.3 Å². The Morgan fingerprint density at radius 1 is 0.829 bits per heavy atom. The van der Waals surface area contributed by atoms with Gasteiger partial charge in [0, 0.05) is 18.5 Å². The number of hydrogen-bond donors (Lipinski definition) is 3. The summed E-state index contributed by atoms with van der Waals surface area (Å²) in [6.45, 7) is 5.33. The minimum atomic E-state index is -2.10. The molecule has 15 nitrogen and oxygen atoms in total. The Balaban J connectivity index is 1.42. The number of aliphatic hydroxyl groups excluding tert-OH is 1. The molecule has 3 heterocycles. The summed E-state index contributed by atoms with van der Waals surface area (Å²) in [5.74, 6) is -0.531. The number of methoxy groups -OCH3 is 2. The Bertz CT molecular complexity index is 2820. The lowest BCUT2D eigenvalue weighted by atomic mass is 9.65. The normalized spacial score (nSPS) is 21.6. The van der Waals surface area contributed by atoms with Crippen LogP contribution in [0.4, 0.5) is 10.5 Å². The summed E-state index contributed by atoms with van der Waals surface area (Å²) in [6, 6.07) is 34.6. The lowest BCUT2D eigenvalue weighted by Crippen LogP contribution is -2.56. The number of carbonyl (C=O) groups excluding carboxylic acids is 6. The highest BCUT2D eigenvalue weighted by atomic mass is 16.6. The van der Waals surface area contributed by atoms with Gasteiger partial charge in [-0.15, -0.1) is 6.58 Å². The van der Waals surface area contributed by atoms with Gasteiger partial charge in [-0.05, 0) is 65.1 Å². The van der Waals surface area contributed by atoms with E-state index in [-0.39, 0.29) is 37.4 Å². The molecule has 0 unspecified atom stereocenters. The number of rotatable bonds is 14. The summed E-state index contributed by atoms with van der Waals surface area (Å²) in [6.07, 6.45) is 0.245. The molecular weight excluding hydrogens is 893 g/mol. The number of nitrogens with one attached hydrogen (secondary N) is 2. The summed E-state index contributed by atoms with van der Waals surface area (Å²) in [7, 11) is 2.29. The second-order valence-electron chi connectivity index (χ2n) is 17.0. The Morgan fingerprint density at radius 3 is 2.07 bits per heavy atom. The highest BCUT2D eigenvalue weighted by Crippen LogP contribution is 2.66. The second kappa shape index (κ2) is 21.1. The molecule has 1 spiro atoms. The zero-order valence-corrected chi connectivity index (χ0v) is 38.8. The van der Waals surface area contributed by atoms with E-state index in [0.29, 0.717) is 28.0 Å². The van der Waals surface area contributed by atoms with Gasteiger partial charge in [-0.25, -0.2) is 9.69 Å². The first kappa shape index (κ1) is 48.4. The highest BCUT2D eigenvalue weighted by molar-refractivity contribution is 6.24. The van der Waals surface area contributed by atoms with Crippen LogP contribution in [-0.4, -0.2) is 85.8 Å². The number of cyclic esters (lactones) is 1. The van der Waals surface area contributed by atoms with E-state index in [1.807, 2.05) is 95.9 Å². The maximum Gasteiger partial charge on any atom is 0.329 e. The molecule has 15 heteroatoms. The summed E-state index contributed by atoms with van der Waals surface area (Å²) < 4.78 is 22.0. The standard InChI is InChI=1S/C55H52N4O11/c1-5-30-56-49(61)44-46-52(64)70-47(38-21-13-8-14-22-38)45(37-19-11-7-12-20-37)59(46)48(39-25-27-40(28-26-39)69-32-31-60)55(44)42-33-35(16-15-23-41(50(62)67-3)51(63)68-4)24-29-43(42)58(53(55)65)54(66)57-34(2)36-17-9-6-10-18-36/h5-14,17-22,24-29,33-34,41,44-48,60H,1,23,30-32H2,2-4H3,(H,56,61)(H,57,66)/t34-,44+,45+,46+,47-,48-,55+/m1/s1. The van der Waals surface area contributed by atoms with E-state index in [4.69, 9.17) is 18.9 Å². The van der Waals surface area contributed by atoms with Crippen LogP contribution in [0.2, 0.25) is 0 Å². The summed E-state index contributed by atoms with van der Waals surface area (Å²) in [5.41, 5.74) is 1.16. The molecule has 3 aliphatic rings. The van der Waals surface area contributed by atoms with Crippen LogP contribution in [-0.2, 0) is 43.6 Å². The largest absolute Gasteiger partial charge is 0.491 e. The van der Waals surface area contributed by atoms with Crippen molar-refractivity contribution >= 4 is 41.4 Å². The molecule has 8 rings (SSSR count). The lowest BCUT2D eigenvalue weighted by molar-refractivity contribution is -0.178. The number of esters is 3. The summed E-state index contributed by atoms with van der Waals surface area (Å²) in [5, 5.41) is 15.5. The Labute approximate surface area is 405 Å². The molecule has 5 aromatic rings. The fourth-order valence-corrected chi connectivity index (χ4v) is 10.1. The number of benzene rings is 5. The summed E-state index contributed by atoms with van der Waals surface area (Å²) in [4.78, 5) is 90.3. The quantitative estimate of drug-likeness (QED) is 0.0377. The maximum absolute atomic E-state index is 16.5. The average molecular weight is 945 g/mol. The molecule has 2 fully saturated rings. The van der Waals surface area contributed by atoms with Gasteiger partial charge in [0.1, 0.15) is 29.9 Å². The van der Waals surface area contributed by atoms with Gasteiger partial charge in [-0.3, -0.25) is 28.9 Å². The Morgan fingerprint density at radius 2 is 1.46 bits per heavy atom. The van der Waals surface area contributed by atoms with Crippen molar-refractivity contribution in [3.05, 3.63) is 179 Å². The molecule has 0 radical (unpaired) electrons. The predicted molar refractivity (Wildman–Crippen MR) is 257 cm³/mol. The molecular formula is C55H52N4O11. The first-order valence-electron chi connectivity index (χ1n) is 22.8. The summed E-state index contributed by atoms with van der Waals surface area (Å²) >= 11 is 0. The maximum atomic E-state index is 16.5. The molecule has 4 amide bonds. The lowest BCUT2D eigenvalue weighted by Gasteiger charge is -2.46. The number of imide groups is 1. The third-order valence-electron chi connectivity index (χ3n) is 13.1. The molecule has 0 aliphatic carbocycles. The second-order valence-corrected chi connectivity index (χ2v) is 17.0. The van der Waals surface area contributed by atoms with Crippen LogP contribution in [0, 0.1) is 23.7 Å². The van der Waals surface area contributed by atoms with Gasteiger partial charge in [-0.1, -0.05) is 121 Å². The van der Waals surface area contributed by atoms with E-state index >= 15 is 19.2 Å². The van der Waals surface area contributed by atoms with Gasteiger partial charge in [0.25, 0.3) is 0 Å². The number of hydrogen-bond acceptors (Lipinski definition) is 12. The smallest absolute Gasteiger partial charge is 0.329 e. The number of urea groups is 1. The molecule has 3 aliphatic heterocycles. The van der Waals surface area contributed by atoms with Crippen molar-refractivity contribution in [3.8, 4) is 17.6 Å². The molecule has 0 aromatic heterocycles. The molecule has 7 atom stereocenters. The minimum Gasteiger partial charge on any atom is -0.491 e. The van der Waals surface area contributed by atoms with Crippen molar-refractivity contribution in [2.24, 2.45) is 11.8 Å². The first-order valence-corrected chi connectivity index (χ1v) is 22.8. The fourth-order valence-electron chi connectivity index (χ4n) is 10.1. The van der Waals surface area contributed by atoms with Gasteiger partial charge in [0.15, 0.2) is 5.92 Å². The number of morpholine rings is 1. The van der Waals surface area contributed by atoms with Crippen molar-refractivity contribution in [2.45, 2.75) is 49.0 Å². The number of carbonyl (C=O) groups is 6. The predicted octanol–water partition coefficient (Wildman–Crippen LogP) is 6.20. The molecule has 3 N–H and O–H groups in total. The number of ether oxygens (including phenoxy) is 4. The van der Waals surface area contributed by atoms with Crippen molar-refractivity contribution < 1.29 is 52.8 Å². The van der Waals surface area contributed by atoms with Crippen molar-refractivity contribution in [1.29, 1.82) is 0 Å². The molecule has 358 valence electrons. The van der Waals surface area contributed by atoms with Gasteiger partial charge in [0.2, 0.25) is 11.8 Å². The highest BCUT2D eigenvalue weighted by Gasteiger charge is 2.75. The molecule has 5 aromatic carbocycles. The number of aliphatic hydroxyl groups is 1. The van der Waals surface area contributed by atoms with Crippen LogP contribution in [0.5, 0.6) is 5.75 Å². The van der Waals surface area contributed by atoms with Crippen LogP contribution >= 0.6 is 0 Å². The van der Waals surface area contributed by atoms with E-state index in [2.05, 4.69) is 29.1 Å². The third-order valence-corrected chi connectivity index (χ3v) is 13.1. The van der Waals surface area contributed by atoms with E-state index in [1.165, 1.54) is 6.08 Å². The van der Waals surface area contributed by atoms with Crippen molar-refractivity contribution in [1.82, 2.24) is 15.5 Å². The Hall–Kier alpha value is -8.06. The average Bonchev–Trinajstić information content (AvgIpc) is 3.85. The van der Waals surface area contributed by atoms with E-state index in [9.17, 15) is 14.7 Å². The van der Waals surface area contributed by atoms with Crippen LogP contribution in [0.25, 0.3) is 0 Å². The van der Waals surface area contributed by atoms with Gasteiger partial charge in [0.05, 0.1) is 50.6 Å². The van der Waals surface area contributed by atoms with Crippen LogP contribution in [0.1, 0.15) is 71.0 Å². The SMILES string of the molecule is C=CCNC(=O)[C@@H]1[C@H]2C(=O)O[C@H](c3ccccc3)[C@H](c3ccccc3)N2[C@H](c2ccc(OCCO)cc2)[C@@]12C(=O)N(C(=O)N[C@H](C)c1ccccc1)c1ccc(C#CCC(C(=O)OC)C(=O)OC)cc12. The molecule has 0 bridgehead atoms. The number of anilines is 1. The van der Waals surface area contributed by atoms with Crippen LogP contribution in [0.15, 0.2) is 146 Å². The van der Waals surface area contributed by atoms with Gasteiger partial charge >= 0.3 is 23.9 Å². The first-order chi connectivity index (χ1) is 34.0. The molecule has 0 saturated carbocycles. The van der Waals surface area contributed by atoms with Crippen molar-refractivity contribution in [2.75, 3.05) is 38.9 Å².